The highest BCUT2D eigenvalue weighted by Gasteiger charge is 2.09. The van der Waals surface area contributed by atoms with Crippen molar-refractivity contribution in [3.63, 3.8) is 0 Å². The molecule has 2 aromatic rings. The summed E-state index contributed by atoms with van der Waals surface area (Å²) in [4.78, 5) is 0. The third-order valence-corrected chi connectivity index (χ3v) is 4.29. The zero-order valence-corrected chi connectivity index (χ0v) is 13.3. The van der Waals surface area contributed by atoms with Gasteiger partial charge in [0, 0.05) is 6.54 Å². The Labute approximate surface area is 123 Å². The van der Waals surface area contributed by atoms with Gasteiger partial charge in [-0.3, -0.25) is 0 Å². The van der Waals surface area contributed by atoms with Gasteiger partial charge in [-0.05, 0) is 60.4 Å². The lowest BCUT2D eigenvalue weighted by molar-refractivity contribution is 0.675. The molecule has 1 N–H and O–H groups in total. The van der Waals surface area contributed by atoms with Gasteiger partial charge in [0.1, 0.15) is 0 Å². The number of rotatable bonds is 5. The summed E-state index contributed by atoms with van der Waals surface area (Å²) < 4.78 is 3.06. The van der Waals surface area contributed by atoms with Crippen molar-refractivity contribution in [1.29, 1.82) is 0 Å². The van der Waals surface area contributed by atoms with Gasteiger partial charge in [0.15, 0.2) is 0 Å². The first-order chi connectivity index (χ1) is 9.13. The number of hydrogen-bond donors (Lipinski definition) is 1. The van der Waals surface area contributed by atoms with E-state index in [9.17, 15) is 0 Å². The fourth-order valence-corrected chi connectivity index (χ4v) is 2.29. The molecule has 1 aromatic heterocycles. The smallest absolute Gasteiger partial charge is 0.0743 e. The van der Waals surface area contributed by atoms with Crippen LogP contribution in [0.2, 0.25) is 0 Å². The van der Waals surface area contributed by atoms with Gasteiger partial charge in [-0.1, -0.05) is 19.1 Å². The third-order valence-electron chi connectivity index (χ3n) is 3.14. The maximum atomic E-state index is 4.54. The molecule has 0 aliphatic carbocycles. The summed E-state index contributed by atoms with van der Waals surface area (Å²) in [5, 5.41) is 7.94. The van der Waals surface area contributed by atoms with E-state index in [0.29, 0.717) is 0 Å². The van der Waals surface area contributed by atoms with Crippen molar-refractivity contribution in [3.8, 4) is 5.69 Å². The Balaban J connectivity index is 2.15. The molecule has 19 heavy (non-hydrogen) atoms. The van der Waals surface area contributed by atoms with Crippen LogP contribution in [0.25, 0.3) is 5.69 Å². The molecule has 0 bridgehead atoms. The second-order valence-electron chi connectivity index (χ2n) is 4.74. The van der Waals surface area contributed by atoms with Gasteiger partial charge in [0.25, 0.3) is 0 Å². The highest BCUT2D eigenvalue weighted by molar-refractivity contribution is 9.10. The summed E-state index contributed by atoms with van der Waals surface area (Å²) in [6.07, 6.45) is 1.16. The molecule has 1 heterocycles. The number of nitrogens with one attached hydrogen (secondary N) is 1. The van der Waals surface area contributed by atoms with Crippen LogP contribution in [-0.4, -0.2) is 16.3 Å². The number of benzene rings is 1. The number of nitrogens with zero attached hydrogens (tertiary/aromatic N) is 2. The molecule has 102 valence electrons. The Morgan fingerprint density at radius 1 is 1.21 bits per heavy atom. The van der Waals surface area contributed by atoms with Crippen LogP contribution in [0.4, 0.5) is 0 Å². The predicted molar refractivity (Wildman–Crippen MR) is 82.7 cm³/mol. The number of aromatic nitrogens is 2. The average molecular weight is 322 g/mol. The molecule has 0 aliphatic rings. The second kappa shape index (κ2) is 6.35. The number of aryl methyl sites for hydroxylation is 1. The van der Waals surface area contributed by atoms with Crippen molar-refractivity contribution in [2.45, 2.75) is 33.7 Å². The highest BCUT2D eigenvalue weighted by Crippen LogP contribution is 2.23. The molecular weight excluding hydrogens is 302 g/mol. The highest BCUT2D eigenvalue weighted by atomic mass is 79.9. The van der Waals surface area contributed by atoms with Gasteiger partial charge in [0.05, 0.1) is 21.5 Å². The summed E-state index contributed by atoms with van der Waals surface area (Å²) in [5.74, 6) is 0. The van der Waals surface area contributed by atoms with E-state index in [1.165, 1.54) is 5.56 Å². The molecule has 0 spiro atoms. The SMILES string of the molecule is CCCNCc1ccc(-n2nc(C)c(Br)c2C)cc1. The van der Waals surface area contributed by atoms with Crippen LogP contribution < -0.4 is 5.32 Å². The molecule has 0 saturated heterocycles. The van der Waals surface area contributed by atoms with Crippen LogP contribution in [0.5, 0.6) is 0 Å². The van der Waals surface area contributed by atoms with E-state index in [0.717, 1.165) is 41.1 Å². The molecular formula is C15H20BrN3. The van der Waals surface area contributed by atoms with E-state index >= 15 is 0 Å². The Kier molecular flexibility index (Phi) is 4.77. The van der Waals surface area contributed by atoms with Gasteiger partial charge in [-0.25, -0.2) is 4.68 Å². The second-order valence-corrected chi connectivity index (χ2v) is 5.53. The summed E-state index contributed by atoms with van der Waals surface area (Å²) in [7, 11) is 0. The molecule has 0 atom stereocenters. The number of halogens is 1. The van der Waals surface area contributed by atoms with E-state index in [1.807, 2.05) is 11.6 Å². The lowest BCUT2D eigenvalue weighted by Crippen LogP contribution is -2.13. The molecule has 0 saturated carbocycles. The first kappa shape index (κ1) is 14.3. The number of hydrogen-bond acceptors (Lipinski definition) is 2. The first-order valence-electron chi connectivity index (χ1n) is 6.65. The zero-order valence-electron chi connectivity index (χ0n) is 11.7. The first-order valence-corrected chi connectivity index (χ1v) is 7.44. The van der Waals surface area contributed by atoms with Crippen LogP contribution in [0.3, 0.4) is 0 Å². The average Bonchev–Trinajstić information content (AvgIpc) is 2.68. The lowest BCUT2D eigenvalue weighted by Gasteiger charge is -2.07. The van der Waals surface area contributed by atoms with Gasteiger partial charge in [0.2, 0.25) is 0 Å². The van der Waals surface area contributed by atoms with Crippen LogP contribution in [0.1, 0.15) is 30.3 Å². The molecule has 3 nitrogen and oxygen atoms in total. The van der Waals surface area contributed by atoms with Crippen molar-refractivity contribution in [2.24, 2.45) is 0 Å². The monoisotopic (exact) mass is 321 g/mol. The minimum Gasteiger partial charge on any atom is -0.313 e. The summed E-state index contributed by atoms with van der Waals surface area (Å²) >= 11 is 3.56. The van der Waals surface area contributed by atoms with E-state index in [-0.39, 0.29) is 0 Å². The molecule has 4 heteroatoms. The molecule has 0 aliphatic heterocycles. The van der Waals surface area contributed by atoms with E-state index < -0.39 is 0 Å². The zero-order chi connectivity index (χ0) is 13.8. The van der Waals surface area contributed by atoms with Crippen molar-refractivity contribution >= 4 is 15.9 Å². The molecule has 0 radical (unpaired) electrons. The van der Waals surface area contributed by atoms with Gasteiger partial charge in [-0.15, -0.1) is 0 Å². The Bertz CT molecular complexity index is 543. The minimum atomic E-state index is 0.926. The van der Waals surface area contributed by atoms with Crippen LogP contribution >= 0.6 is 15.9 Å². The molecule has 0 unspecified atom stereocenters. The van der Waals surface area contributed by atoms with E-state index in [1.54, 1.807) is 0 Å². The fourth-order valence-electron chi connectivity index (χ4n) is 2.04. The van der Waals surface area contributed by atoms with Crippen molar-refractivity contribution in [1.82, 2.24) is 15.1 Å². The van der Waals surface area contributed by atoms with Gasteiger partial charge >= 0.3 is 0 Å². The minimum absolute atomic E-state index is 0.926. The maximum absolute atomic E-state index is 4.54. The molecule has 0 amide bonds. The predicted octanol–water partition coefficient (Wildman–Crippen LogP) is 3.75. The Hall–Kier alpha value is -1.13. The Morgan fingerprint density at radius 3 is 2.42 bits per heavy atom. The van der Waals surface area contributed by atoms with Crippen molar-refractivity contribution in [3.05, 3.63) is 45.7 Å². The summed E-state index contributed by atoms with van der Waals surface area (Å²) in [6, 6.07) is 8.55. The van der Waals surface area contributed by atoms with E-state index in [4.69, 9.17) is 0 Å². The normalized spacial score (nSPS) is 10.9. The maximum Gasteiger partial charge on any atom is 0.0743 e. The van der Waals surface area contributed by atoms with Crippen LogP contribution in [0.15, 0.2) is 28.7 Å². The largest absolute Gasteiger partial charge is 0.313 e. The van der Waals surface area contributed by atoms with E-state index in [2.05, 4.69) is 64.5 Å². The summed E-state index contributed by atoms with van der Waals surface area (Å²) in [6.45, 7) is 8.25. The topological polar surface area (TPSA) is 29.9 Å². The standard InChI is InChI=1S/C15H20BrN3/c1-4-9-17-10-13-5-7-14(8-6-13)19-12(3)15(16)11(2)18-19/h5-8,17H,4,9-10H2,1-3H3. The summed E-state index contributed by atoms with van der Waals surface area (Å²) in [5.41, 5.74) is 4.56. The third kappa shape index (κ3) is 3.25. The fraction of sp³-hybridized carbons (Fsp3) is 0.400. The van der Waals surface area contributed by atoms with Gasteiger partial charge in [-0.2, -0.15) is 5.10 Å². The quantitative estimate of drug-likeness (QED) is 0.850. The lowest BCUT2D eigenvalue weighted by atomic mass is 10.2. The Morgan fingerprint density at radius 2 is 1.89 bits per heavy atom. The molecule has 0 fully saturated rings. The van der Waals surface area contributed by atoms with Crippen LogP contribution in [0, 0.1) is 13.8 Å². The van der Waals surface area contributed by atoms with Crippen LogP contribution in [-0.2, 0) is 6.54 Å². The van der Waals surface area contributed by atoms with Gasteiger partial charge < -0.3 is 5.32 Å². The van der Waals surface area contributed by atoms with Crippen molar-refractivity contribution < 1.29 is 0 Å². The molecule has 1 aromatic carbocycles. The molecule has 2 rings (SSSR count). The van der Waals surface area contributed by atoms with Crippen molar-refractivity contribution in [2.75, 3.05) is 6.54 Å².